The van der Waals surface area contributed by atoms with Crippen molar-refractivity contribution < 1.29 is 14.3 Å². The first-order valence-corrected chi connectivity index (χ1v) is 7.24. The molecule has 0 N–H and O–H groups in total. The maximum absolute atomic E-state index is 12.8. The van der Waals surface area contributed by atoms with Gasteiger partial charge in [0.1, 0.15) is 5.57 Å². The van der Waals surface area contributed by atoms with E-state index in [4.69, 9.17) is 4.74 Å². The normalized spacial score (nSPS) is 44.5. The molecule has 0 amide bonds. The molecule has 3 aliphatic rings. The molecule has 2 saturated carbocycles. The molecule has 3 rings (SSSR count). The number of hydrogen-bond acceptors (Lipinski definition) is 3. The van der Waals surface area contributed by atoms with E-state index in [9.17, 15) is 9.59 Å². The van der Waals surface area contributed by atoms with Crippen LogP contribution in [0.1, 0.15) is 46.5 Å². The zero-order valence-corrected chi connectivity index (χ0v) is 12.2. The molecule has 0 aromatic carbocycles. The summed E-state index contributed by atoms with van der Waals surface area (Å²) in [7, 11) is 1.36. The average Bonchev–Trinajstić information content (AvgIpc) is 2.92. The molecule has 0 aromatic heterocycles. The number of methoxy groups -OCH3 is 1. The largest absolute Gasteiger partial charge is 0.465 e. The fourth-order valence-electron chi connectivity index (χ4n) is 5.42. The summed E-state index contributed by atoms with van der Waals surface area (Å²) >= 11 is 0. The molecule has 3 heteroatoms. The second-order valence-corrected chi connectivity index (χ2v) is 6.79. The molecule has 0 unspecified atom stereocenters. The minimum atomic E-state index is -0.439. The Kier molecular flexibility index (Phi) is 2.52. The highest BCUT2D eigenvalue weighted by atomic mass is 16.5. The van der Waals surface area contributed by atoms with Gasteiger partial charge in [0.25, 0.3) is 0 Å². The van der Waals surface area contributed by atoms with E-state index in [-0.39, 0.29) is 16.6 Å². The number of Topliss-reactive ketones (excluding diaryl/α,β-unsaturated/α-hetero) is 1. The van der Waals surface area contributed by atoms with Crippen LogP contribution in [-0.4, -0.2) is 18.9 Å². The smallest absolute Gasteiger partial charge is 0.341 e. The highest BCUT2D eigenvalue weighted by Gasteiger charge is 2.69. The van der Waals surface area contributed by atoms with Crippen molar-refractivity contribution in [2.75, 3.05) is 7.11 Å². The van der Waals surface area contributed by atoms with E-state index < -0.39 is 5.97 Å². The number of carbonyl (C=O) groups excluding carboxylic acids is 2. The summed E-state index contributed by atoms with van der Waals surface area (Å²) < 4.78 is 4.84. The van der Waals surface area contributed by atoms with Gasteiger partial charge in [0.2, 0.25) is 0 Å². The van der Waals surface area contributed by atoms with Crippen molar-refractivity contribution in [1.29, 1.82) is 0 Å². The second-order valence-electron chi connectivity index (χ2n) is 6.79. The van der Waals surface area contributed by atoms with Gasteiger partial charge in [0.15, 0.2) is 5.78 Å². The maximum Gasteiger partial charge on any atom is 0.341 e. The van der Waals surface area contributed by atoms with E-state index in [0.717, 1.165) is 24.8 Å². The van der Waals surface area contributed by atoms with Gasteiger partial charge < -0.3 is 4.74 Å². The molecule has 3 aliphatic carbocycles. The Bertz CT molecular complexity index is 504. The van der Waals surface area contributed by atoms with Gasteiger partial charge in [-0.1, -0.05) is 13.8 Å². The van der Waals surface area contributed by atoms with E-state index in [1.54, 1.807) is 0 Å². The standard InChI is InChI=1S/C16H22O3/c1-9-5-8-16-10(2)12(14(18)19-4)13(17)15(16,3)7-6-11(9)16/h9,11H,5-8H2,1-4H3/t9-,11+,15+,16+/m1/s1. The second kappa shape index (κ2) is 3.71. The zero-order chi connectivity index (χ0) is 14.0. The predicted molar refractivity (Wildman–Crippen MR) is 71.4 cm³/mol. The van der Waals surface area contributed by atoms with Crippen LogP contribution in [-0.2, 0) is 14.3 Å². The maximum atomic E-state index is 12.8. The lowest BCUT2D eigenvalue weighted by Gasteiger charge is -2.39. The molecule has 19 heavy (non-hydrogen) atoms. The van der Waals surface area contributed by atoms with Gasteiger partial charge in [-0.25, -0.2) is 4.79 Å². The fraction of sp³-hybridized carbons (Fsp3) is 0.750. The molecule has 4 atom stereocenters. The van der Waals surface area contributed by atoms with Crippen molar-refractivity contribution in [3.05, 3.63) is 11.1 Å². The van der Waals surface area contributed by atoms with E-state index in [0.29, 0.717) is 17.4 Å². The highest BCUT2D eigenvalue weighted by molar-refractivity contribution is 6.22. The van der Waals surface area contributed by atoms with Crippen LogP contribution >= 0.6 is 0 Å². The Labute approximate surface area is 114 Å². The summed E-state index contributed by atoms with van der Waals surface area (Å²) in [5.41, 5.74) is 0.936. The minimum Gasteiger partial charge on any atom is -0.465 e. The van der Waals surface area contributed by atoms with Crippen LogP contribution in [0.15, 0.2) is 11.1 Å². The molecular formula is C16H22O3. The third-order valence-corrected chi connectivity index (χ3v) is 6.42. The molecule has 0 aromatic rings. The van der Waals surface area contributed by atoms with Crippen LogP contribution in [0.5, 0.6) is 0 Å². The van der Waals surface area contributed by atoms with Crippen LogP contribution < -0.4 is 0 Å². The predicted octanol–water partition coefficient (Wildman–Crippen LogP) is 2.89. The Morgan fingerprint density at radius 3 is 2.63 bits per heavy atom. The highest BCUT2D eigenvalue weighted by Crippen LogP contribution is 2.72. The van der Waals surface area contributed by atoms with Crippen LogP contribution in [0.25, 0.3) is 0 Å². The van der Waals surface area contributed by atoms with Gasteiger partial charge in [0, 0.05) is 10.8 Å². The molecule has 104 valence electrons. The summed E-state index contributed by atoms with van der Waals surface area (Å²) in [6, 6.07) is 0. The topological polar surface area (TPSA) is 43.4 Å². The van der Waals surface area contributed by atoms with Gasteiger partial charge >= 0.3 is 5.97 Å². The Morgan fingerprint density at radius 1 is 1.32 bits per heavy atom. The fourth-order valence-corrected chi connectivity index (χ4v) is 5.42. The monoisotopic (exact) mass is 262 g/mol. The van der Waals surface area contributed by atoms with E-state index in [1.165, 1.54) is 13.5 Å². The van der Waals surface area contributed by atoms with Crippen molar-refractivity contribution in [1.82, 2.24) is 0 Å². The number of ketones is 1. The van der Waals surface area contributed by atoms with Gasteiger partial charge in [0.05, 0.1) is 7.11 Å². The molecule has 0 radical (unpaired) electrons. The Morgan fingerprint density at radius 2 is 2.00 bits per heavy atom. The number of esters is 1. The van der Waals surface area contributed by atoms with Crippen molar-refractivity contribution in [2.45, 2.75) is 46.5 Å². The molecule has 3 nitrogen and oxygen atoms in total. The van der Waals surface area contributed by atoms with E-state index in [2.05, 4.69) is 13.8 Å². The molecule has 1 spiro atoms. The van der Waals surface area contributed by atoms with Crippen LogP contribution in [0.4, 0.5) is 0 Å². The number of allylic oxidation sites excluding steroid dienone is 1. The first-order valence-electron chi connectivity index (χ1n) is 7.24. The van der Waals surface area contributed by atoms with Crippen LogP contribution in [0, 0.1) is 22.7 Å². The third-order valence-electron chi connectivity index (χ3n) is 6.42. The number of rotatable bonds is 1. The first-order chi connectivity index (χ1) is 8.90. The van der Waals surface area contributed by atoms with E-state index in [1.807, 2.05) is 6.92 Å². The number of ether oxygens (including phenoxy) is 1. The van der Waals surface area contributed by atoms with Crippen LogP contribution in [0.3, 0.4) is 0 Å². The van der Waals surface area contributed by atoms with Crippen LogP contribution in [0.2, 0.25) is 0 Å². The summed E-state index contributed by atoms with van der Waals surface area (Å²) in [5, 5.41) is 0. The molecule has 0 aliphatic heterocycles. The lowest BCUT2D eigenvalue weighted by Crippen LogP contribution is -2.38. The minimum absolute atomic E-state index is 0.0356. The molecule has 0 bridgehead atoms. The number of carbonyl (C=O) groups is 2. The lowest BCUT2D eigenvalue weighted by molar-refractivity contribution is -0.139. The molecule has 0 heterocycles. The SMILES string of the molecule is COC(=O)C1=C(C)[C@@]23CC[C@@H](C)[C@@H]2CC[C@@]3(C)C1=O. The zero-order valence-electron chi connectivity index (χ0n) is 12.2. The van der Waals surface area contributed by atoms with Gasteiger partial charge in [-0.2, -0.15) is 0 Å². The van der Waals surface area contributed by atoms with Gasteiger partial charge in [-0.05, 0) is 50.0 Å². The first kappa shape index (κ1) is 12.9. The van der Waals surface area contributed by atoms with E-state index >= 15 is 0 Å². The van der Waals surface area contributed by atoms with Crippen molar-refractivity contribution >= 4 is 11.8 Å². The molecule has 0 saturated heterocycles. The van der Waals surface area contributed by atoms with Gasteiger partial charge in [-0.3, -0.25) is 4.79 Å². The average molecular weight is 262 g/mol. The molecular weight excluding hydrogens is 240 g/mol. The third kappa shape index (κ3) is 1.20. The molecule has 2 fully saturated rings. The summed E-state index contributed by atoms with van der Waals surface area (Å²) in [6.07, 6.45) is 4.25. The Balaban J connectivity index is 2.20. The van der Waals surface area contributed by atoms with Crippen molar-refractivity contribution in [3.63, 3.8) is 0 Å². The number of hydrogen-bond donors (Lipinski definition) is 0. The lowest BCUT2D eigenvalue weighted by atomic mass is 9.63. The summed E-state index contributed by atoms with van der Waals surface area (Å²) in [4.78, 5) is 24.8. The Hall–Kier alpha value is -1.12. The van der Waals surface area contributed by atoms with Crippen molar-refractivity contribution in [3.8, 4) is 0 Å². The van der Waals surface area contributed by atoms with Gasteiger partial charge in [-0.15, -0.1) is 0 Å². The van der Waals surface area contributed by atoms with Crippen molar-refractivity contribution in [2.24, 2.45) is 22.7 Å². The summed E-state index contributed by atoms with van der Waals surface area (Å²) in [5.74, 6) is 0.810. The summed E-state index contributed by atoms with van der Waals surface area (Å²) in [6.45, 7) is 6.36. The quantitative estimate of drug-likeness (QED) is 0.539.